The first-order valence-electron chi connectivity index (χ1n) is 7.10. The van der Waals surface area contributed by atoms with Crippen molar-refractivity contribution in [1.82, 2.24) is 9.78 Å². The van der Waals surface area contributed by atoms with Gasteiger partial charge in [0.2, 0.25) is 0 Å². The molecule has 0 radical (unpaired) electrons. The Labute approximate surface area is 137 Å². The third kappa shape index (κ3) is 2.84. The second-order valence-electron chi connectivity index (χ2n) is 4.90. The lowest BCUT2D eigenvalue weighted by molar-refractivity contribution is 0.112. The van der Waals surface area contributed by atoms with Crippen LogP contribution in [0.15, 0.2) is 59.8 Å². The Kier molecular flexibility index (Phi) is 4.27. The number of aromatic nitrogens is 2. The van der Waals surface area contributed by atoms with Crippen LogP contribution in [-0.4, -0.2) is 23.2 Å². The number of carbonyl (C=O) groups excluding carboxylic acids is 1. The van der Waals surface area contributed by atoms with Gasteiger partial charge >= 0.3 is 0 Å². The fraction of sp³-hybridized carbons (Fsp3) is 0.0588. The van der Waals surface area contributed by atoms with Crippen molar-refractivity contribution < 1.29 is 9.53 Å². The SMILES string of the molecule is COc1ccc(-c2nn(-c3ccccc3)cc2C=O)c(N=[N+]=[N-])c1. The highest BCUT2D eigenvalue weighted by atomic mass is 16.5. The van der Waals surface area contributed by atoms with Crippen molar-refractivity contribution in [1.29, 1.82) is 0 Å². The Morgan fingerprint density at radius 3 is 2.71 bits per heavy atom. The smallest absolute Gasteiger partial charge is 0.153 e. The Hall–Kier alpha value is -3.57. The van der Waals surface area contributed by atoms with E-state index in [4.69, 9.17) is 10.3 Å². The largest absolute Gasteiger partial charge is 0.497 e. The van der Waals surface area contributed by atoms with Gasteiger partial charge < -0.3 is 4.74 Å². The number of benzene rings is 2. The molecular formula is C17H13N5O2. The summed E-state index contributed by atoms with van der Waals surface area (Å²) in [5.41, 5.74) is 11.4. The molecule has 1 aromatic heterocycles. The molecule has 0 fully saturated rings. The number of carbonyl (C=O) groups is 1. The van der Waals surface area contributed by atoms with Crippen molar-refractivity contribution in [2.75, 3.05) is 7.11 Å². The number of azide groups is 1. The summed E-state index contributed by atoms with van der Waals surface area (Å²) in [4.78, 5) is 14.3. The van der Waals surface area contributed by atoms with Gasteiger partial charge in [-0.2, -0.15) is 5.10 Å². The highest BCUT2D eigenvalue weighted by Crippen LogP contribution is 2.34. The van der Waals surface area contributed by atoms with Crippen LogP contribution in [0.25, 0.3) is 27.4 Å². The monoisotopic (exact) mass is 319 g/mol. The van der Waals surface area contributed by atoms with E-state index in [1.54, 1.807) is 29.1 Å². The summed E-state index contributed by atoms with van der Waals surface area (Å²) in [5.74, 6) is 0.552. The first-order valence-corrected chi connectivity index (χ1v) is 7.10. The fourth-order valence-electron chi connectivity index (χ4n) is 2.37. The number of aldehydes is 1. The molecule has 3 rings (SSSR count). The summed E-state index contributed by atoms with van der Waals surface area (Å²) >= 11 is 0. The topological polar surface area (TPSA) is 92.9 Å². The van der Waals surface area contributed by atoms with Crippen LogP contribution in [0.1, 0.15) is 10.4 Å². The van der Waals surface area contributed by atoms with Crippen LogP contribution in [-0.2, 0) is 0 Å². The zero-order valence-corrected chi connectivity index (χ0v) is 12.8. The van der Waals surface area contributed by atoms with Gasteiger partial charge in [0.15, 0.2) is 6.29 Å². The molecule has 2 aromatic carbocycles. The minimum absolute atomic E-state index is 0.346. The molecule has 0 aliphatic rings. The van der Waals surface area contributed by atoms with Gasteiger partial charge in [0.05, 0.1) is 24.0 Å². The predicted octanol–water partition coefficient (Wildman–Crippen LogP) is 4.30. The molecule has 0 aliphatic carbocycles. The van der Waals surface area contributed by atoms with Gasteiger partial charge in [0.25, 0.3) is 0 Å². The molecule has 7 heteroatoms. The Morgan fingerprint density at radius 2 is 2.04 bits per heavy atom. The second kappa shape index (κ2) is 6.68. The van der Waals surface area contributed by atoms with Gasteiger partial charge in [-0.25, -0.2) is 4.68 Å². The van der Waals surface area contributed by atoms with Crippen LogP contribution < -0.4 is 4.74 Å². The van der Waals surface area contributed by atoms with E-state index < -0.39 is 0 Å². The predicted molar refractivity (Wildman–Crippen MR) is 89.7 cm³/mol. The Morgan fingerprint density at radius 1 is 1.25 bits per heavy atom. The van der Waals surface area contributed by atoms with E-state index in [9.17, 15) is 4.79 Å². The van der Waals surface area contributed by atoms with Crippen molar-refractivity contribution in [3.63, 3.8) is 0 Å². The molecule has 7 nitrogen and oxygen atoms in total. The van der Waals surface area contributed by atoms with Gasteiger partial charge in [-0.3, -0.25) is 4.79 Å². The summed E-state index contributed by atoms with van der Waals surface area (Å²) in [5, 5.41) is 8.17. The number of hydrogen-bond acceptors (Lipinski definition) is 4. The number of rotatable bonds is 5. The number of ether oxygens (including phenoxy) is 1. The van der Waals surface area contributed by atoms with Crippen LogP contribution in [0.4, 0.5) is 5.69 Å². The lowest BCUT2D eigenvalue weighted by atomic mass is 10.1. The van der Waals surface area contributed by atoms with E-state index in [1.165, 1.54) is 7.11 Å². The van der Waals surface area contributed by atoms with E-state index >= 15 is 0 Å². The summed E-state index contributed by atoms with van der Waals surface area (Å²) < 4.78 is 6.76. The van der Waals surface area contributed by atoms with Crippen LogP contribution in [0.2, 0.25) is 0 Å². The van der Waals surface area contributed by atoms with Crippen LogP contribution in [0.3, 0.4) is 0 Å². The zero-order valence-electron chi connectivity index (χ0n) is 12.8. The van der Waals surface area contributed by atoms with Gasteiger partial charge in [-0.05, 0) is 35.9 Å². The highest BCUT2D eigenvalue weighted by molar-refractivity contribution is 5.89. The molecule has 0 amide bonds. The lowest BCUT2D eigenvalue weighted by Gasteiger charge is -2.06. The third-order valence-electron chi connectivity index (χ3n) is 3.50. The van der Waals surface area contributed by atoms with E-state index in [0.29, 0.717) is 28.3 Å². The molecule has 3 aromatic rings. The normalized spacial score (nSPS) is 10.0. The number of nitrogens with zero attached hydrogens (tertiary/aromatic N) is 5. The molecule has 0 spiro atoms. The zero-order chi connectivity index (χ0) is 16.9. The van der Waals surface area contributed by atoms with Crippen LogP contribution >= 0.6 is 0 Å². The van der Waals surface area contributed by atoms with Crippen LogP contribution in [0.5, 0.6) is 5.75 Å². The highest BCUT2D eigenvalue weighted by Gasteiger charge is 2.15. The van der Waals surface area contributed by atoms with E-state index in [1.807, 2.05) is 30.3 Å². The lowest BCUT2D eigenvalue weighted by Crippen LogP contribution is -1.94. The second-order valence-corrected chi connectivity index (χ2v) is 4.90. The van der Waals surface area contributed by atoms with E-state index in [0.717, 1.165) is 12.0 Å². The Bertz CT molecular complexity index is 927. The maximum atomic E-state index is 11.5. The minimum atomic E-state index is 0.346. The quantitative estimate of drug-likeness (QED) is 0.303. The van der Waals surface area contributed by atoms with Crippen molar-refractivity contribution in [3.8, 4) is 22.7 Å². The molecule has 0 saturated heterocycles. The number of para-hydroxylation sites is 1. The van der Waals surface area contributed by atoms with Gasteiger partial charge in [-0.1, -0.05) is 23.3 Å². The molecule has 24 heavy (non-hydrogen) atoms. The van der Waals surface area contributed by atoms with Crippen molar-refractivity contribution in [3.05, 3.63) is 70.7 Å². The average Bonchev–Trinajstić information content (AvgIpc) is 3.07. The molecule has 1 heterocycles. The maximum absolute atomic E-state index is 11.5. The third-order valence-corrected chi connectivity index (χ3v) is 3.50. The van der Waals surface area contributed by atoms with Crippen molar-refractivity contribution >= 4 is 12.0 Å². The summed E-state index contributed by atoms with van der Waals surface area (Å²) in [6.45, 7) is 0. The first kappa shape index (κ1) is 15.3. The summed E-state index contributed by atoms with van der Waals surface area (Å²) in [6, 6.07) is 14.5. The van der Waals surface area contributed by atoms with Gasteiger partial charge in [-0.15, -0.1) is 0 Å². The van der Waals surface area contributed by atoms with E-state index in [2.05, 4.69) is 15.1 Å². The molecule has 0 saturated carbocycles. The van der Waals surface area contributed by atoms with Gasteiger partial charge in [0.1, 0.15) is 11.4 Å². The number of hydrogen-bond donors (Lipinski definition) is 0. The summed E-state index contributed by atoms with van der Waals surface area (Å²) in [7, 11) is 1.52. The van der Waals surface area contributed by atoms with Crippen molar-refractivity contribution in [2.45, 2.75) is 0 Å². The van der Waals surface area contributed by atoms with Gasteiger partial charge in [0, 0.05) is 16.7 Å². The van der Waals surface area contributed by atoms with Crippen molar-refractivity contribution in [2.24, 2.45) is 5.11 Å². The maximum Gasteiger partial charge on any atom is 0.153 e. The average molecular weight is 319 g/mol. The molecule has 0 unspecified atom stereocenters. The number of methoxy groups -OCH3 is 1. The molecule has 0 N–H and O–H groups in total. The molecule has 0 bridgehead atoms. The molecule has 0 aliphatic heterocycles. The summed E-state index contributed by atoms with van der Waals surface area (Å²) in [6.07, 6.45) is 2.37. The standard InChI is InChI=1S/C17H13N5O2/c1-24-14-7-8-15(16(9-14)19-21-18)17-12(11-23)10-22(20-17)13-5-3-2-4-6-13/h2-11H,1H3. The van der Waals surface area contributed by atoms with Crippen LogP contribution in [0, 0.1) is 0 Å². The fourth-order valence-corrected chi connectivity index (χ4v) is 2.37. The molecule has 0 atom stereocenters. The Balaban J connectivity index is 2.18. The molecule has 118 valence electrons. The molecular weight excluding hydrogens is 306 g/mol. The minimum Gasteiger partial charge on any atom is -0.497 e. The van der Waals surface area contributed by atoms with E-state index in [-0.39, 0.29) is 0 Å². The first-order chi connectivity index (χ1) is 11.8.